The molecule has 2 fully saturated rings. The quantitative estimate of drug-likeness (QED) is 0.855. The Kier molecular flexibility index (Phi) is 4.08. The number of carbonyl (C=O) groups is 1. The van der Waals surface area contributed by atoms with Crippen molar-refractivity contribution in [1.82, 2.24) is 14.8 Å². The van der Waals surface area contributed by atoms with E-state index < -0.39 is 0 Å². The van der Waals surface area contributed by atoms with E-state index >= 15 is 0 Å². The van der Waals surface area contributed by atoms with Gasteiger partial charge in [-0.1, -0.05) is 0 Å². The average Bonchev–Trinajstić information content (AvgIpc) is 3.11. The fraction of sp³-hybridized carbons (Fsp3) is 0.733. The smallest absolute Gasteiger partial charge is 0.228 e. The van der Waals surface area contributed by atoms with Gasteiger partial charge in [0.15, 0.2) is 0 Å². The molecule has 2 aliphatic heterocycles. The molecule has 0 aliphatic carbocycles. The standard InChI is InChI=1S/C15H23N3OS/c1-11-14(16-12(2)20-11)9-15(19)18-8-5-13(10-18)17-6-3-4-7-17/h13H,3-10H2,1-2H3. The molecular weight excluding hydrogens is 270 g/mol. The lowest BCUT2D eigenvalue weighted by atomic mass is 10.2. The lowest BCUT2D eigenvalue weighted by molar-refractivity contribution is -0.129. The first-order chi connectivity index (χ1) is 9.63. The highest BCUT2D eigenvalue weighted by Gasteiger charge is 2.31. The first-order valence-electron chi connectivity index (χ1n) is 7.58. The van der Waals surface area contributed by atoms with Gasteiger partial charge in [-0.2, -0.15) is 0 Å². The minimum Gasteiger partial charge on any atom is -0.341 e. The Bertz CT molecular complexity index is 493. The molecule has 2 aliphatic rings. The third kappa shape index (κ3) is 2.88. The molecule has 4 nitrogen and oxygen atoms in total. The second kappa shape index (κ2) is 5.82. The summed E-state index contributed by atoms with van der Waals surface area (Å²) in [5.41, 5.74) is 0.974. The van der Waals surface area contributed by atoms with Crippen LogP contribution in [0, 0.1) is 13.8 Å². The zero-order valence-corrected chi connectivity index (χ0v) is 13.2. The minimum absolute atomic E-state index is 0.250. The maximum Gasteiger partial charge on any atom is 0.228 e. The highest BCUT2D eigenvalue weighted by atomic mass is 32.1. The average molecular weight is 293 g/mol. The van der Waals surface area contributed by atoms with Crippen molar-refractivity contribution in [3.63, 3.8) is 0 Å². The molecule has 1 unspecified atom stereocenters. The lowest BCUT2D eigenvalue weighted by Crippen LogP contribution is -2.37. The van der Waals surface area contributed by atoms with Gasteiger partial charge in [0.1, 0.15) is 0 Å². The lowest BCUT2D eigenvalue weighted by Gasteiger charge is -2.23. The SMILES string of the molecule is Cc1nc(CC(=O)N2CCC(N3CCCC3)C2)c(C)s1. The third-order valence-corrected chi connectivity index (χ3v) is 5.42. The Labute approximate surface area is 124 Å². The first-order valence-corrected chi connectivity index (χ1v) is 8.40. The summed E-state index contributed by atoms with van der Waals surface area (Å²) in [6.07, 6.45) is 4.26. The molecule has 0 spiro atoms. The van der Waals surface area contributed by atoms with E-state index in [1.807, 2.05) is 11.8 Å². The molecule has 2 saturated heterocycles. The highest BCUT2D eigenvalue weighted by molar-refractivity contribution is 7.11. The third-order valence-electron chi connectivity index (χ3n) is 4.49. The topological polar surface area (TPSA) is 36.4 Å². The van der Waals surface area contributed by atoms with E-state index in [0.717, 1.165) is 30.2 Å². The molecule has 3 heterocycles. The van der Waals surface area contributed by atoms with Crippen LogP contribution < -0.4 is 0 Å². The molecule has 1 aromatic rings. The summed E-state index contributed by atoms with van der Waals surface area (Å²) in [7, 11) is 0. The molecule has 0 N–H and O–H groups in total. The second-order valence-electron chi connectivity index (χ2n) is 5.94. The Morgan fingerprint density at radius 1 is 1.30 bits per heavy atom. The number of nitrogens with zero attached hydrogens (tertiary/aromatic N) is 3. The summed E-state index contributed by atoms with van der Waals surface area (Å²) in [4.78, 5) is 22.7. The highest BCUT2D eigenvalue weighted by Crippen LogP contribution is 2.22. The molecule has 110 valence electrons. The van der Waals surface area contributed by atoms with Gasteiger partial charge in [-0.15, -0.1) is 11.3 Å². The number of thiazole rings is 1. The van der Waals surface area contributed by atoms with Gasteiger partial charge in [-0.05, 0) is 46.2 Å². The van der Waals surface area contributed by atoms with Crippen molar-refractivity contribution in [2.24, 2.45) is 0 Å². The normalized spacial score (nSPS) is 23.7. The van der Waals surface area contributed by atoms with E-state index in [0.29, 0.717) is 12.5 Å². The number of likely N-dealkylation sites (tertiary alicyclic amines) is 2. The largest absolute Gasteiger partial charge is 0.341 e. The molecule has 0 saturated carbocycles. The van der Waals surface area contributed by atoms with Crippen molar-refractivity contribution in [1.29, 1.82) is 0 Å². The van der Waals surface area contributed by atoms with Gasteiger partial charge in [0, 0.05) is 24.0 Å². The Balaban J connectivity index is 1.57. The van der Waals surface area contributed by atoms with Crippen LogP contribution in [0.3, 0.4) is 0 Å². The van der Waals surface area contributed by atoms with E-state index in [4.69, 9.17) is 0 Å². The van der Waals surface area contributed by atoms with Gasteiger partial charge in [0.2, 0.25) is 5.91 Å². The molecule has 0 aromatic carbocycles. The van der Waals surface area contributed by atoms with Crippen LogP contribution >= 0.6 is 11.3 Å². The van der Waals surface area contributed by atoms with E-state index in [1.165, 1.54) is 30.8 Å². The van der Waals surface area contributed by atoms with Crippen LogP contribution in [0.15, 0.2) is 0 Å². The van der Waals surface area contributed by atoms with Crippen molar-refractivity contribution in [2.75, 3.05) is 26.2 Å². The molecule has 1 aromatic heterocycles. The Morgan fingerprint density at radius 2 is 2.05 bits per heavy atom. The maximum atomic E-state index is 12.4. The van der Waals surface area contributed by atoms with Gasteiger partial charge < -0.3 is 4.90 Å². The van der Waals surface area contributed by atoms with Crippen molar-refractivity contribution in [3.8, 4) is 0 Å². The van der Waals surface area contributed by atoms with Crippen LogP contribution in [0.5, 0.6) is 0 Å². The van der Waals surface area contributed by atoms with Crippen molar-refractivity contribution >= 4 is 17.2 Å². The predicted octanol–water partition coefficient (Wildman–Crippen LogP) is 2.00. The molecule has 5 heteroatoms. The maximum absolute atomic E-state index is 12.4. The molecule has 0 bridgehead atoms. The number of hydrogen-bond acceptors (Lipinski definition) is 4. The van der Waals surface area contributed by atoms with E-state index in [1.54, 1.807) is 11.3 Å². The zero-order valence-electron chi connectivity index (χ0n) is 12.4. The van der Waals surface area contributed by atoms with Crippen molar-refractivity contribution in [3.05, 3.63) is 15.6 Å². The monoisotopic (exact) mass is 293 g/mol. The van der Waals surface area contributed by atoms with Crippen LogP contribution in [0.1, 0.15) is 34.8 Å². The molecule has 0 radical (unpaired) electrons. The van der Waals surface area contributed by atoms with Gasteiger partial charge in [-0.3, -0.25) is 9.69 Å². The predicted molar refractivity (Wildman–Crippen MR) is 81.1 cm³/mol. The molecular formula is C15H23N3OS. The zero-order chi connectivity index (χ0) is 14.1. The Hall–Kier alpha value is -0.940. The van der Waals surface area contributed by atoms with Gasteiger partial charge in [0.25, 0.3) is 0 Å². The fourth-order valence-corrected chi connectivity index (χ4v) is 4.20. The van der Waals surface area contributed by atoms with E-state index in [-0.39, 0.29) is 5.91 Å². The van der Waals surface area contributed by atoms with Crippen LogP contribution in [0.25, 0.3) is 0 Å². The summed E-state index contributed by atoms with van der Waals surface area (Å²) in [6, 6.07) is 0.597. The summed E-state index contributed by atoms with van der Waals surface area (Å²) < 4.78 is 0. The molecule has 1 amide bonds. The first kappa shape index (κ1) is 14.0. The van der Waals surface area contributed by atoms with Crippen LogP contribution in [0.4, 0.5) is 0 Å². The minimum atomic E-state index is 0.250. The van der Waals surface area contributed by atoms with Crippen LogP contribution in [-0.4, -0.2) is 52.9 Å². The molecule has 3 rings (SSSR count). The van der Waals surface area contributed by atoms with Crippen LogP contribution in [-0.2, 0) is 11.2 Å². The Morgan fingerprint density at radius 3 is 2.70 bits per heavy atom. The summed E-state index contributed by atoms with van der Waals surface area (Å²) in [6.45, 7) is 8.34. The number of hydrogen-bond donors (Lipinski definition) is 0. The van der Waals surface area contributed by atoms with E-state index in [2.05, 4.69) is 16.8 Å². The number of carbonyl (C=O) groups excluding carboxylic acids is 1. The number of aryl methyl sites for hydroxylation is 2. The van der Waals surface area contributed by atoms with Gasteiger partial charge in [0.05, 0.1) is 17.1 Å². The van der Waals surface area contributed by atoms with Gasteiger partial charge in [-0.25, -0.2) is 4.98 Å². The fourth-order valence-electron chi connectivity index (χ4n) is 3.36. The summed E-state index contributed by atoms with van der Waals surface area (Å²) in [5, 5.41) is 1.06. The number of amides is 1. The van der Waals surface area contributed by atoms with Crippen molar-refractivity contribution < 1.29 is 4.79 Å². The van der Waals surface area contributed by atoms with Crippen LogP contribution in [0.2, 0.25) is 0 Å². The second-order valence-corrected chi connectivity index (χ2v) is 7.35. The number of rotatable bonds is 3. The van der Waals surface area contributed by atoms with Crippen molar-refractivity contribution in [2.45, 2.75) is 45.6 Å². The number of aromatic nitrogens is 1. The molecule has 1 atom stereocenters. The van der Waals surface area contributed by atoms with E-state index in [9.17, 15) is 4.79 Å². The summed E-state index contributed by atoms with van der Waals surface area (Å²) in [5.74, 6) is 0.250. The molecule has 20 heavy (non-hydrogen) atoms. The van der Waals surface area contributed by atoms with Gasteiger partial charge >= 0.3 is 0 Å². The summed E-state index contributed by atoms with van der Waals surface area (Å²) >= 11 is 1.68.